The van der Waals surface area contributed by atoms with Gasteiger partial charge in [0.2, 0.25) is 10.0 Å². The summed E-state index contributed by atoms with van der Waals surface area (Å²) < 4.78 is 26.9. The first-order valence-corrected chi connectivity index (χ1v) is 8.81. The van der Waals surface area contributed by atoms with Crippen LogP contribution in [0.3, 0.4) is 0 Å². The van der Waals surface area contributed by atoms with Gasteiger partial charge in [0, 0.05) is 12.1 Å². The van der Waals surface area contributed by atoms with Crippen molar-refractivity contribution in [3.05, 3.63) is 0 Å². The lowest BCUT2D eigenvalue weighted by Crippen LogP contribution is -2.44. The zero-order chi connectivity index (χ0) is 13.6. The van der Waals surface area contributed by atoms with Gasteiger partial charge in [0.05, 0.1) is 5.75 Å². The second-order valence-corrected chi connectivity index (χ2v) is 7.49. The normalized spacial score (nSPS) is 24.7. The number of rotatable bonds is 7. The Balaban J connectivity index is 2.38. The van der Waals surface area contributed by atoms with Gasteiger partial charge in [-0.05, 0) is 38.6 Å². The van der Waals surface area contributed by atoms with Crippen molar-refractivity contribution in [3.8, 4) is 0 Å². The highest BCUT2D eigenvalue weighted by atomic mass is 32.2. The molecule has 18 heavy (non-hydrogen) atoms. The Labute approximate surface area is 112 Å². The van der Waals surface area contributed by atoms with Crippen LogP contribution in [-0.2, 0) is 10.0 Å². The van der Waals surface area contributed by atoms with Crippen molar-refractivity contribution >= 4 is 10.0 Å². The van der Waals surface area contributed by atoms with Crippen LogP contribution in [0.4, 0.5) is 0 Å². The fourth-order valence-corrected chi connectivity index (χ4v) is 4.12. The molecule has 0 saturated carbocycles. The van der Waals surface area contributed by atoms with Crippen LogP contribution in [0.25, 0.3) is 0 Å². The van der Waals surface area contributed by atoms with Gasteiger partial charge in [0.1, 0.15) is 0 Å². The lowest BCUT2D eigenvalue weighted by atomic mass is 10.0. The van der Waals surface area contributed by atoms with Gasteiger partial charge in [-0.15, -0.1) is 0 Å². The molecule has 2 N–H and O–H groups in total. The molecule has 3 atom stereocenters. The third-order valence-electron chi connectivity index (χ3n) is 3.67. The van der Waals surface area contributed by atoms with Crippen LogP contribution in [0.15, 0.2) is 0 Å². The summed E-state index contributed by atoms with van der Waals surface area (Å²) in [5.41, 5.74) is 0. The minimum atomic E-state index is -3.15. The van der Waals surface area contributed by atoms with Crippen LogP contribution in [0.1, 0.15) is 52.9 Å². The Morgan fingerprint density at radius 2 is 2.06 bits per heavy atom. The standard InChI is InChI=1S/C13H28N2O2S/c1-4-11(2)9-12(3)15-18(16,17)10-13-7-5-6-8-14-13/h11-15H,4-10H2,1-3H3. The lowest BCUT2D eigenvalue weighted by Gasteiger charge is -2.24. The molecule has 0 aliphatic carbocycles. The van der Waals surface area contributed by atoms with E-state index in [1.165, 1.54) is 0 Å². The van der Waals surface area contributed by atoms with Crippen LogP contribution in [0.2, 0.25) is 0 Å². The van der Waals surface area contributed by atoms with Crippen molar-refractivity contribution in [2.24, 2.45) is 5.92 Å². The predicted octanol–water partition coefficient (Wildman–Crippen LogP) is 1.87. The fourth-order valence-electron chi connectivity index (χ4n) is 2.50. The Hall–Kier alpha value is -0.130. The second-order valence-electron chi connectivity index (χ2n) is 5.70. The predicted molar refractivity (Wildman–Crippen MR) is 76.1 cm³/mol. The third-order valence-corrected chi connectivity index (χ3v) is 5.27. The molecule has 3 unspecified atom stereocenters. The van der Waals surface area contributed by atoms with Crippen LogP contribution >= 0.6 is 0 Å². The molecule has 1 rings (SSSR count). The van der Waals surface area contributed by atoms with Crippen LogP contribution in [0, 0.1) is 5.92 Å². The Bertz CT molecular complexity index is 324. The molecule has 0 aromatic rings. The van der Waals surface area contributed by atoms with Crippen LogP contribution < -0.4 is 10.0 Å². The highest BCUT2D eigenvalue weighted by Gasteiger charge is 2.22. The molecule has 0 radical (unpaired) electrons. The monoisotopic (exact) mass is 276 g/mol. The van der Waals surface area contributed by atoms with Crippen molar-refractivity contribution in [2.75, 3.05) is 12.3 Å². The van der Waals surface area contributed by atoms with E-state index in [9.17, 15) is 8.42 Å². The first kappa shape index (κ1) is 15.9. The smallest absolute Gasteiger partial charge is 0.213 e. The van der Waals surface area contributed by atoms with Gasteiger partial charge < -0.3 is 5.32 Å². The van der Waals surface area contributed by atoms with Gasteiger partial charge in [-0.2, -0.15) is 0 Å². The van der Waals surface area contributed by atoms with Gasteiger partial charge in [-0.1, -0.05) is 26.7 Å². The number of hydrogen-bond donors (Lipinski definition) is 2. The molecule has 1 fully saturated rings. The van der Waals surface area contributed by atoms with Crippen LogP contribution in [0.5, 0.6) is 0 Å². The molecule has 1 saturated heterocycles. The largest absolute Gasteiger partial charge is 0.313 e. The van der Waals surface area contributed by atoms with E-state index in [1.54, 1.807) is 0 Å². The molecular formula is C13H28N2O2S. The maximum Gasteiger partial charge on any atom is 0.213 e. The molecule has 5 heteroatoms. The van der Waals surface area contributed by atoms with Gasteiger partial charge in [-0.3, -0.25) is 0 Å². The minimum Gasteiger partial charge on any atom is -0.313 e. The summed E-state index contributed by atoms with van der Waals surface area (Å²) in [6.07, 6.45) is 5.27. The lowest BCUT2D eigenvalue weighted by molar-refractivity contribution is 0.416. The Morgan fingerprint density at radius 3 is 2.61 bits per heavy atom. The SMILES string of the molecule is CCC(C)CC(C)NS(=O)(=O)CC1CCCCN1. The molecule has 0 aromatic carbocycles. The summed E-state index contributed by atoms with van der Waals surface area (Å²) in [6.45, 7) is 7.20. The van der Waals surface area contributed by atoms with Crippen molar-refractivity contribution < 1.29 is 8.42 Å². The number of sulfonamides is 1. The molecule has 0 bridgehead atoms. The van der Waals surface area contributed by atoms with E-state index in [0.717, 1.165) is 38.6 Å². The zero-order valence-corrected chi connectivity index (χ0v) is 12.7. The Morgan fingerprint density at radius 1 is 1.33 bits per heavy atom. The molecule has 108 valence electrons. The summed E-state index contributed by atoms with van der Waals surface area (Å²) in [4.78, 5) is 0. The first-order chi connectivity index (χ1) is 8.43. The van der Waals surface area contributed by atoms with Crippen molar-refractivity contribution in [1.29, 1.82) is 0 Å². The third kappa shape index (κ3) is 6.16. The van der Waals surface area contributed by atoms with E-state index in [1.807, 2.05) is 6.92 Å². The van der Waals surface area contributed by atoms with E-state index in [2.05, 4.69) is 23.9 Å². The molecule has 0 spiro atoms. The quantitative estimate of drug-likeness (QED) is 0.746. The number of piperidine rings is 1. The van der Waals surface area contributed by atoms with E-state index < -0.39 is 10.0 Å². The van der Waals surface area contributed by atoms with E-state index in [4.69, 9.17) is 0 Å². The number of hydrogen-bond acceptors (Lipinski definition) is 3. The highest BCUT2D eigenvalue weighted by molar-refractivity contribution is 7.89. The minimum absolute atomic E-state index is 0.0357. The highest BCUT2D eigenvalue weighted by Crippen LogP contribution is 2.12. The maximum absolute atomic E-state index is 12.0. The van der Waals surface area contributed by atoms with E-state index in [0.29, 0.717) is 5.92 Å². The van der Waals surface area contributed by atoms with E-state index in [-0.39, 0.29) is 17.8 Å². The van der Waals surface area contributed by atoms with Crippen molar-refractivity contribution in [2.45, 2.75) is 65.0 Å². The Kier molecular flexibility index (Phi) is 6.60. The average molecular weight is 276 g/mol. The topological polar surface area (TPSA) is 58.2 Å². The van der Waals surface area contributed by atoms with E-state index >= 15 is 0 Å². The molecule has 4 nitrogen and oxygen atoms in total. The second kappa shape index (κ2) is 7.46. The fraction of sp³-hybridized carbons (Fsp3) is 1.00. The summed E-state index contributed by atoms with van der Waals surface area (Å²) in [5.74, 6) is 0.785. The molecule has 0 aromatic heterocycles. The molecular weight excluding hydrogens is 248 g/mol. The summed E-state index contributed by atoms with van der Waals surface area (Å²) in [6, 6.07) is 0.167. The van der Waals surface area contributed by atoms with Gasteiger partial charge in [0.25, 0.3) is 0 Å². The average Bonchev–Trinajstić information content (AvgIpc) is 2.28. The van der Waals surface area contributed by atoms with Crippen LogP contribution in [-0.4, -0.2) is 32.8 Å². The molecule has 1 aliphatic heterocycles. The van der Waals surface area contributed by atoms with Gasteiger partial charge >= 0.3 is 0 Å². The first-order valence-electron chi connectivity index (χ1n) is 7.16. The van der Waals surface area contributed by atoms with Crippen molar-refractivity contribution in [1.82, 2.24) is 10.0 Å². The zero-order valence-electron chi connectivity index (χ0n) is 11.9. The van der Waals surface area contributed by atoms with Crippen molar-refractivity contribution in [3.63, 3.8) is 0 Å². The van der Waals surface area contributed by atoms with Gasteiger partial charge in [0.15, 0.2) is 0 Å². The maximum atomic E-state index is 12.0. The molecule has 1 aliphatic rings. The summed E-state index contributed by atoms with van der Waals surface area (Å²) in [7, 11) is -3.15. The van der Waals surface area contributed by atoms with Gasteiger partial charge in [-0.25, -0.2) is 13.1 Å². The summed E-state index contributed by atoms with van der Waals surface area (Å²) in [5, 5.41) is 3.28. The molecule has 1 heterocycles. The number of nitrogens with one attached hydrogen (secondary N) is 2. The molecule has 0 amide bonds. The summed E-state index contributed by atoms with van der Waals surface area (Å²) >= 11 is 0.